The molecule has 0 saturated carbocycles. The normalized spacial score (nSPS) is 25.4. The predicted molar refractivity (Wildman–Crippen MR) is 91.1 cm³/mol. The number of nitrogens with zero attached hydrogens (tertiary/aromatic N) is 5. The zero-order chi connectivity index (χ0) is 19.2. The molecule has 0 N–H and O–H groups in total. The van der Waals surface area contributed by atoms with Gasteiger partial charge in [-0.05, 0) is 25.3 Å². The highest BCUT2D eigenvalue weighted by Gasteiger charge is 2.37. The first kappa shape index (κ1) is 18.2. The topological polar surface area (TPSA) is 97.5 Å². The van der Waals surface area contributed by atoms with Crippen molar-refractivity contribution in [2.45, 2.75) is 31.6 Å². The fourth-order valence-corrected chi connectivity index (χ4v) is 5.62. The highest BCUT2D eigenvalue weighted by Crippen LogP contribution is 2.30. The van der Waals surface area contributed by atoms with Gasteiger partial charge in [0.25, 0.3) is 12.2 Å². The molecule has 2 aliphatic heterocycles. The van der Waals surface area contributed by atoms with E-state index in [-0.39, 0.29) is 34.8 Å². The number of rotatable bonds is 3. The molecule has 2 fully saturated rings. The molecule has 0 aromatic carbocycles. The molecular formula is C16H19F2N5O3S. The summed E-state index contributed by atoms with van der Waals surface area (Å²) in [6.07, 6.45) is 0.226. The van der Waals surface area contributed by atoms with E-state index in [0.717, 1.165) is 4.52 Å². The minimum absolute atomic E-state index is 0.0452. The van der Waals surface area contributed by atoms with Crippen LogP contribution in [-0.2, 0) is 14.6 Å². The number of alkyl halides is 2. The predicted octanol–water partition coefficient (Wildman–Crippen LogP) is 1.20. The molecule has 0 radical (unpaired) electrons. The number of likely N-dealkylation sites (tertiary alicyclic amines) is 1. The third kappa shape index (κ3) is 3.52. The summed E-state index contributed by atoms with van der Waals surface area (Å²) < 4.78 is 51.0. The number of carbonyl (C=O) groups excluding carboxylic acids is 1. The van der Waals surface area contributed by atoms with Gasteiger partial charge in [0.05, 0.1) is 23.1 Å². The van der Waals surface area contributed by atoms with Crippen LogP contribution in [0, 0.1) is 5.92 Å². The van der Waals surface area contributed by atoms with Gasteiger partial charge in [-0.25, -0.2) is 22.2 Å². The van der Waals surface area contributed by atoms with E-state index in [2.05, 4.69) is 15.1 Å². The van der Waals surface area contributed by atoms with Gasteiger partial charge in [0, 0.05) is 19.0 Å². The van der Waals surface area contributed by atoms with Crippen molar-refractivity contribution in [3.8, 4) is 0 Å². The quantitative estimate of drug-likeness (QED) is 0.769. The van der Waals surface area contributed by atoms with E-state index in [1.807, 2.05) is 0 Å². The maximum absolute atomic E-state index is 13.4. The summed E-state index contributed by atoms with van der Waals surface area (Å²) in [6.45, 7) is 0.885. The molecule has 2 atom stereocenters. The highest BCUT2D eigenvalue weighted by atomic mass is 32.2. The molecule has 2 saturated heterocycles. The third-order valence-electron chi connectivity index (χ3n) is 5.26. The molecule has 11 heteroatoms. The molecule has 2 aromatic rings. The standard InChI is InChI=1S/C16H19F2N5O3S/c17-14(18)13-6-12(21-16-19-9-20-23(13)16)10-2-1-4-22(7-10)15(24)11-3-5-27(25,26)8-11/h6,9-11,14H,1-5,7-8H2/t10-,11-/m0/s1. The first-order chi connectivity index (χ1) is 12.8. The number of hydrogen-bond acceptors (Lipinski definition) is 6. The van der Waals surface area contributed by atoms with Gasteiger partial charge < -0.3 is 4.90 Å². The molecule has 2 aliphatic rings. The van der Waals surface area contributed by atoms with Gasteiger partial charge in [0.15, 0.2) is 9.84 Å². The Bertz CT molecular complexity index is 978. The fraction of sp³-hybridized carbons (Fsp3) is 0.625. The van der Waals surface area contributed by atoms with Crippen LogP contribution in [0.15, 0.2) is 12.4 Å². The van der Waals surface area contributed by atoms with Crippen LogP contribution in [-0.4, -0.2) is 63.4 Å². The van der Waals surface area contributed by atoms with Crippen LogP contribution in [0.5, 0.6) is 0 Å². The Morgan fingerprint density at radius 3 is 2.81 bits per heavy atom. The molecule has 0 aliphatic carbocycles. The Morgan fingerprint density at radius 2 is 2.11 bits per heavy atom. The molecule has 8 nitrogen and oxygen atoms in total. The number of sulfone groups is 1. The third-order valence-corrected chi connectivity index (χ3v) is 7.02. The number of carbonyl (C=O) groups is 1. The Kier molecular flexibility index (Phi) is 4.57. The summed E-state index contributed by atoms with van der Waals surface area (Å²) in [5.41, 5.74) is 0.181. The lowest BCUT2D eigenvalue weighted by Gasteiger charge is -2.34. The zero-order valence-corrected chi connectivity index (χ0v) is 15.3. The van der Waals surface area contributed by atoms with Crippen LogP contribution in [0.1, 0.15) is 43.0 Å². The second-order valence-electron chi connectivity index (χ2n) is 7.10. The molecule has 146 valence electrons. The van der Waals surface area contributed by atoms with Crippen molar-refractivity contribution in [1.29, 1.82) is 0 Å². The van der Waals surface area contributed by atoms with Crippen LogP contribution < -0.4 is 0 Å². The second kappa shape index (κ2) is 6.77. The van der Waals surface area contributed by atoms with Gasteiger partial charge in [-0.1, -0.05) is 0 Å². The lowest BCUT2D eigenvalue weighted by molar-refractivity contribution is -0.136. The lowest BCUT2D eigenvalue weighted by Crippen LogP contribution is -2.42. The van der Waals surface area contributed by atoms with Crippen LogP contribution >= 0.6 is 0 Å². The Hall–Kier alpha value is -2.17. The van der Waals surface area contributed by atoms with E-state index in [0.29, 0.717) is 38.0 Å². The monoisotopic (exact) mass is 399 g/mol. The van der Waals surface area contributed by atoms with Crippen molar-refractivity contribution < 1.29 is 22.0 Å². The van der Waals surface area contributed by atoms with Gasteiger partial charge in [0.1, 0.15) is 12.0 Å². The van der Waals surface area contributed by atoms with E-state index >= 15 is 0 Å². The molecular weight excluding hydrogens is 380 g/mol. The Labute approximate surface area is 154 Å². The van der Waals surface area contributed by atoms with Crippen molar-refractivity contribution in [3.63, 3.8) is 0 Å². The zero-order valence-electron chi connectivity index (χ0n) is 14.5. The van der Waals surface area contributed by atoms with E-state index in [1.165, 1.54) is 12.4 Å². The number of aromatic nitrogens is 4. The van der Waals surface area contributed by atoms with Gasteiger partial charge in [0.2, 0.25) is 5.91 Å². The fourth-order valence-electron chi connectivity index (χ4n) is 3.89. The number of amides is 1. The number of hydrogen-bond donors (Lipinski definition) is 0. The summed E-state index contributed by atoms with van der Waals surface area (Å²) in [5, 5.41) is 3.78. The lowest BCUT2D eigenvalue weighted by atomic mass is 9.93. The summed E-state index contributed by atoms with van der Waals surface area (Å²) in [6, 6.07) is 1.32. The molecule has 0 spiro atoms. The molecule has 2 aromatic heterocycles. The van der Waals surface area contributed by atoms with Crippen molar-refractivity contribution in [3.05, 3.63) is 23.8 Å². The van der Waals surface area contributed by atoms with Crippen LogP contribution in [0.3, 0.4) is 0 Å². The van der Waals surface area contributed by atoms with Crippen molar-refractivity contribution >= 4 is 21.5 Å². The smallest absolute Gasteiger partial charge is 0.280 e. The highest BCUT2D eigenvalue weighted by molar-refractivity contribution is 7.91. The average molecular weight is 399 g/mol. The second-order valence-corrected chi connectivity index (χ2v) is 9.33. The minimum atomic E-state index is -3.14. The maximum atomic E-state index is 13.4. The van der Waals surface area contributed by atoms with Crippen molar-refractivity contribution in [2.24, 2.45) is 5.92 Å². The summed E-state index contributed by atoms with van der Waals surface area (Å²) in [7, 11) is -3.14. The van der Waals surface area contributed by atoms with Gasteiger partial charge in [-0.3, -0.25) is 4.79 Å². The van der Waals surface area contributed by atoms with Gasteiger partial charge in [-0.2, -0.15) is 14.6 Å². The Morgan fingerprint density at radius 1 is 1.30 bits per heavy atom. The van der Waals surface area contributed by atoms with Crippen LogP contribution in [0.25, 0.3) is 5.78 Å². The number of piperidine rings is 1. The molecule has 1 amide bonds. The minimum Gasteiger partial charge on any atom is -0.342 e. The number of halogens is 2. The summed E-state index contributed by atoms with van der Waals surface area (Å²) in [4.78, 5) is 22.6. The van der Waals surface area contributed by atoms with E-state index in [1.54, 1.807) is 4.90 Å². The molecule has 0 bridgehead atoms. The molecule has 27 heavy (non-hydrogen) atoms. The first-order valence-corrected chi connectivity index (χ1v) is 10.6. The molecule has 4 rings (SSSR count). The van der Waals surface area contributed by atoms with Gasteiger partial charge >= 0.3 is 0 Å². The number of fused-ring (bicyclic) bond motifs is 1. The van der Waals surface area contributed by atoms with Gasteiger partial charge in [-0.15, -0.1) is 0 Å². The molecule has 4 heterocycles. The maximum Gasteiger partial charge on any atom is 0.280 e. The van der Waals surface area contributed by atoms with E-state index in [9.17, 15) is 22.0 Å². The van der Waals surface area contributed by atoms with Crippen LogP contribution in [0.4, 0.5) is 8.78 Å². The first-order valence-electron chi connectivity index (χ1n) is 8.82. The van der Waals surface area contributed by atoms with Crippen LogP contribution in [0.2, 0.25) is 0 Å². The van der Waals surface area contributed by atoms with Crippen molar-refractivity contribution in [2.75, 3.05) is 24.6 Å². The summed E-state index contributed by atoms with van der Waals surface area (Å²) in [5.74, 6) is -0.820. The van der Waals surface area contributed by atoms with Crippen molar-refractivity contribution in [1.82, 2.24) is 24.5 Å². The summed E-state index contributed by atoms with van der Waals surface area (Å²) >= 11 is 0. The van der Waals surface area contributed by atoms with E-state index < -0.39 is 22.2 Å². The molecule has 0 unspecified atom stereocenters. The SMILES string of the molecule is O=C([C@H]1CCS(=O)(=O)C1)N1CCC[C@H](c2cc(C(F)F)n3ncnc3n2)C1. The van der Waals surface area contributed by atoms with E-state index in [4.69, 9.17) is 0 Å². The largest absolute Gasteiger partial charge is 0.342 e. The Balaban J connectivity index is 1.56. The average Bonchev–Trinajstić information content (AvgIpc) is 3.26.